The van der Waals surface area contributed by atoms with Gasteiger partial charge in [-0.25, -0.2) is 4.39 Å². The fourth-order valence-corrected chi connectivity index (χ4v) is 2.56. The van der Waals surface area contributed by atoms with Gasteiger partial charge >= 0.3 is 0 Å². The van der Waals surface area contributed by atoms with Crippen molar-refractivity contribution in [2.45, 2.75) is 39.3 Å². The van der Waals surface area contributed by atoms with Crippen molar-refractivity contribution in [2.75, 3.05) is 6.54 Å². The highest BCUT2D eigenvalue weighted by Crippen LogP contribution is 2.43. The summed E-state index contributed by atoms with van der Waals surface area (Å²) in [6.07, 6.45) is 1.11. The Bertz CT molecular complexity index is 436. The highest BCUT2D eigenvalue weighted by Gasteiger charge is 2.49. The molecule has 0 saturated heterocycles. The van der Waals surface area contributed by atoms with Crippen molar-refractivity contribution in [2.24, 2.45) is 5.41 Å². The first-order valence-corrected chi connectivity index (χ1v) is 6.68. The van der Waals surface area contributed by atoms with Gasteiger partial charge in [0.25, 0.3) is 0 Å². The molecule has 4 heteroatoms. The van der Waals surface area contributed by atoms with E-state index in [2.05, 4.69) is 26.1 Å². The first-order chi connectivity index (χ1) is 8.45. The fourth-order valence-electron chi connectivity index (χ4n) is 2.39. The Morgan fingerprint density at radius 1 is 1.50 bits per heavy atom. The normalized spacial score (nSPS) is 25.6. The van der Waals surface area contributed by atoms with Gasteiger partial charge in [-0.1, -0.05) is 32.4 Å². The molecule has 2 rings (SSSR count). The van der Waals surface area contributed by atoms with E-state index in [-0.39, 0.29) is 16.5 Å². The van der Waals surface area contributed by atoms with E-state index >= 15 is 0 Å². The SMILES string of the molecule is CCNC1CC(Oc2ccc(F)c(Cl)c2)C1(C)C. The van der Waals surface area contributed by atoms with Crippen molar-refractivity contribution in [3.63, 3.8) is 0 Å². The monoisotopic (exact) mass is 271 g/mol. The van der Waals surface area contributed by atoms with Crippen molar-refractivity contribution in [3.8, 4) is 5.75 Å². The minimum atomic E-state index is -0.414. The summed E-state index contributed by atoms with van der Waals surface area (Å²) >= 11 is 5.74. The van der Waals surface area contributed by atoms with E-state index in [1.165, 1.54) is 12.1 Å². The Hall–Kier alpha value is -0.800. The van der Waals surface area contributed by atoms with Crippen LogP contribution in [0.2, 0.25) is 5.02 Å². The van der Waals surface area contributed by atoms with E-state index in [0.717, 1.165) is 13.0 Å². The molecule has 100 valence electrons. The van der Waals surface area contributed by atoms with Gasteiger partial charge in [-0.15, -0.1) is 0 Å². The van der Waals surface area contributed by atoms with Gasteiger partial charge in [-0.3, -0.25) is 0 Å². The lowest BCUT2D eigenvalue weighted by Crippen LogP contribution is -2.62. The second kappa shape index (κ2) is 5.06. The average Bonchev–Trinajstić information content (AvgIpc) is 2.32. The lowest BCUT2D eigenvalue weighted by molar-refractivity contribution is -0.0541. The van der Waals surface area contributed by atoms with E-state index in [9.17, 15) is 4.39 Å². The zero-order valence-corrected chi connectivity index (χ0v) is 11.7. The first kappa shape index (κ1) is 13.6. The summed E-state index contributed by atoms with van der Waals surface area (Å²) in [7, 11) is 0. The third-order valence-corrected chi connectivity index (χ3v) is 4.09. The molecule has 1 saturated carbocycles. The molecule has 1 aromatic carbocycles. The van der Waals surface area contributed by atoms with Gasteiger partial charge in [0.05, 0.1) is 5.02 Å². The van der Waals surface area contributed by atoms with Gasteiger partial charge in [-0.05, 0) is 18.7 Å². The smallest absolute Gasteiger partial charge is 0.142 e. The fraction of sp³-hybridized carbons (Fsp3) is 0.571. The molecule has 1 aliphatic rings. The van der Waals surface area contributed by atoms with Gasteiger partial charge in [0.2, 0.25) is 0 Å². The summed E-state index contributed by atoms with van der Waals surface area (Å²) in [4.78, 5) is 0. The number of hydrogen-bond acceptors (Lipinski definition) is 2. The molecule has 1 N–H and O–H groups in total. The molecule has 1 aromatic rings. The number of benzene rings is 1. The molecule has 18 heavy (non-hydrogen) atoms. The van der Waals surface area contributed by atoms with Crippen LogP contribution in [-0.2, 0) is 0 Å². The van der Waals surface area contributed by atoms with Crippen LogP contribution in [0.5, 0.6) is 5.75 Å². The maximum absolute atomic E-state index is 13.0. The maximum Gasteiger partial charge on any atom is 0.142 e. The topological polar surface area (TPSA) is 21.3 Å². The minimum absolute atomic E-state index is 0.0802. The summed E-state index contributed by atoms with van der Waals surface area (Å²) in [6.45, 7) is 7.42. The molecule has 0 spiro atoms. The van der Waals surface area contributed by atoms with Crippen molar-refractivity contribution in [1.82, 2.24) is 5.32 Å². The van der Waals surface area contributed by atoms with Crippen LogP contribution in [0.4, 0.5) is 4.39 Å². The maximum atomic E-state index is 13.0. The van der Waals surface area contributed by atoms with Gasteiger partial charge in [0.15, 0.2) is 0 Å². The number of hydrogen-bond donors (Lipinski definition) is 1. The van der Waals surface area contributed by atoms with Crippen LogP contribution in [0.3, 0.4) is 0 Å². The summed E-state index contributed by atoms with van der Waals surface area (Å²) in [5, 5.41) is 3.55. The lowest BCUT2D eigenvalue weighted by atomic mass is 9.64. The molecule has 0 heterocycles. The van der Waals surface area contributed by atoms with Crippen molar-refractivity contribution in [1.29, 1.82) is 0 Å². The zero-order valence-electron chi connectivity index (χ0n) is 11.0. The van der Waals surface area contributed by atoms with E-state index in [4.69, 9.17) is 16.3 Å². The minimum Gasteiger partial charge on any atom is -0.490 e. The standard InChI is InChI=1S/C14H19ClFNO/c1-4-17-12-8-13(14(12,2)3)18-9-5-6-11(16)10(15)7-9/h5-7,12-13,17H,4,8H2,1-3H3. The second-order valence-electron chi connectivity index (χ2n) is 5.35. The second-order valence-corrected chi connectivity index (χ2v) is 5.76. The molecule has 2 nitrogen and oxygen atoms in total. The number of halogens is 2. The van der Waals surface area contributed by atoms with Crippen LogP contribution in [0.15, 0.2) is 18.2 Å². The van der Waals surface area contributed by atoms with Gasteiger partial charge in [0.1, 0.15) is 17.7 Å². The highest BCUT2D eigenvalue weighted by molar-refractivity contribution is 6.30. The van der Waals surface area contributed by atoms with E-state index < -0.39 is 5.82 Å². The van der Waals surface area contributed by atoms with Gasteiger partial charge < -0.3 is 10.1 Å². The van der Waals surface area contributed by atoms with Crippen molar-refractivity contribution in [3.05, 3.63) is 29.0 Å². The number of rotatable bonds is 4. The van der Waals surface area contributed by atoms with Crippen molar-refractivity contribution < 1.29 is 9.13 Å². The third kappa shape index (κ3) is 2.47. The zero-order chi connectivity index (χ0) is 13.3. The summed E-state index contributed by atoms with van der Waals surface area (Å²) in [5.74, 6) is 0.219. The van der Waals surface area contributed by atoms with Crippen LogP contribution in [0.25, 0.3) is 0 Å². The van der Waals surface area contributed by atoms with E-state index in [0.29, 0.717) is 11.8 Å². The Kier molecular flexibility index (Phi) is 3.83. The van der Waals surface area contributed by atoms with Crippen LogP contribution in [0, 0.1) is 11.2 Å². The Morgan fingerprint density at radius 3 is 2.78 bits per heavy atom. The Labute approximate surface area is 112 Å². The third-order valence-electron chi connectivity index (χ3n) is 3.80. The molecule has 1 fully saturated rings. The Balaban J connectivity index is 2.01. The van der Waals surface area contributed by atoms with Crippen LogP contribution < -0.4 is 10.1 Å². The Morgan fingerprint density at radius 2 is 2.22 bits per heavy atom. The van der Waals surface area contributed by atoms with Crippen LogP contribution in [0.1, 0.15) is 27.2 Å². The quantitative estimate of drug-likeness (QED) is 0.903. The summed E-state index contributed by atoms with van der Waals surface area (Å²) in [5.41, 5.74) is 0.0802. The van der Waals surface area contributed by atoms with Gasteiger partial charge in [0, 0.05) is 23.9 Å². The summed E-state index contributed by atoms with van der Waals surface area (Å²) in [6, 6.07) is 4.97. The number of nitrogens with one attached hydrogen (secondary N) is 1. The molecule has 0 amide bonds. The molecule has 2 unspecified atom stereocenters. The molecular weight excluding hydrogens is 253 g/mol. The molecule has 0 radical (unpaired) electrons. The van der Waals surface area contributed by atoms with Crippen LogP contribution >= 0.6 is 11.6 Å². The first-order valence-electron chi connectivity index (χ1n) is 6.30. The molecule has 2 atom stereocenters. The largest absolute Gasteiger partial charge is 0.490 e. The molecule has 0 aliphatic heterocycles. The lowest BCUT2D eigenvalue weighted by Gasteiger charge is -2.51. The van der Waals surface area contributed by atoms with E-state index in [1.807, 2.05) is 0 Å². The molecule has 1 aliphatic carbocycles. The molecule has 0 bridgehead atoms. The summed E-state index contributed by atoms with van der Waals surface area (Å²) < 4.78 is 18.9. The van der Waals surface area contributed by atoms with Crippen molar-refractivity contribution >= 4 is 11.6 Å². The van der Waals surface area contributed by atoms with Gasteiger partial charge in [-0.2, -0.15) is 0 Å². The molecule has 0 aromatic heterocycles. The van der Waals surface area contributed by atoms with Crippen LogP contribution in [-0.4, -0.2) is 18.7 Å². The predicted octanol–water partition coefficient (Wildman–Crippen LogP) is 3.63. The van der Waals surface area contributed by atoms with E-state index in [1.54, 1.807) is 6.07 Å². The average molecular weight is 272 g/mol. The molecular formula is C14H19ClFNO. The number of ether oxygens (including phenoxy) is 1. The predicted molar refractivity (Wildman–Crippen MR) is 71.7 cm³/mol. The highest BCUT2D eigenvalue weighted by atomic mass is 35.5.